The van der Waals surface area contributed by atoms with Crippen molar-refractivity contribution in [3.05, 3.63) is 24.3 Å². The highest BCUT2D eigenvalue weighted by Crippen LogP contribution is 2.16. The lowest BCUT2D eigenvalue weighted by molar-refractivity contribution is -0.123. The van der Waals surface area contributed by atoms with Crippen LogP contribution in [0.25, 0.3) is 0 Å². The second-order valence-electron chi connectivity index (χ2n) is 3.22. The zero-order valence-corrected chi connectivity index (χ0v) is 9.97. The molecule has 0 bridgehead atoms. The summed E-state index contributed by atoms with van der Waals surface area (Å²) in [6, 6.07) is 7.01. The van der Waals surface area contributed by atoms with Crippen molar-refractivity contribution in [3.63, 3.8) is 0 Å². The minimum Gasteiger partial charge on any atom is -0.497 e. The molecule has 0 atom stereocenters. The molecule has 1 aromatic rings. The van der Waals surface area contributed by atoms with Crippen LogP contribution in [0.1, 0.15) is 13.3 Å². The number of carbonyl (C=O) groups excluding carboxylic acids is 1. The van der Waals surface area contributed by atoms with Crippen LogP contribution in [0.2, 0.25) is 0 Å². The van der Waals surface area contributed by atoms with Gasteiger partial charge >= 0.3 is 0 Å². The molecule has 1 N–H and O–H groups in total. The van der Waals surface area contributed by atoms with Crippen LogP contribution in [-0.4, -0.2) is 25.8 Å². The van der Waals surface area contributed by atoms with Crippen LogP contribution in [-0.2, 0) is 4.79 Å². The molecule has 1 aromatic carbocycles. The van der Waals surface area contributed by atoms with Gasteiger partial charge in [0.15, 0.2) is 6.61 Å². The van der Waals surface area contributed by atoms with Crippen molar-refractivity contribution >= 4 is 12.1 Å². The molecule has 1 rings (SSSR count). The van der Waals surface area contributed by atoms with E-state index in [1.807, 2.05) is 6.92 Å². The fourth-order valence-electron chi connectivity index (χ4n) is 1.06. The second kappa shape index (κ2) is 7.27. The van der Waals surface area contributed by atoms with Crippen LogP contribution in [0.5, 0.6) is 11.5 Å². The SMILES string of the molecule is CCC=NNC(=O)COc1ccc(OC)cc1. The highest BCUT2D eigenvalue weighted by molar-refractivity contribution is 5.78. The molecule has 0 radical (unpaired) electrons. The Morgan fingerprint density at radius 2 is 2.00 bits per heavy atom. The van der Waals surface area contributed by atoms with E-state index in [-0.39, 0.29) is 12.5 Å². The van der Waals surface area contributed by atoms with Crippen molar-refractivity contribution < 1.29 is 14.3 Å². The highest BCUT2D eigenvalue weighted by atomic mass is 16.5. The maximum absolute atomic E-state index is 11.2. The van der Waals surface area contributed by atoms with E-state index in [0.717, 1.165) is 12.2 Å². The molecule has 0 heterocycles. The van der Waals surface area contributed by atoms with Crippen LogP contribution in [0.3, 0.4) is 0 Å². The van der Waals surface area contributed by atoms with Crippen LogP contribution in [0, 0.1) is 0 Å². The summed E-state index contributed by atoms with van der Waals surface area (Å²) in [4.78, 5) is 11.2. The van der Waals surface area contributed by atoms with Gasteiger partial charge in [-0.15, -0.1) is 0 Å². The van der Waals surface area contributed by atoms with Crippen molar-refractivity contribution in [2.75, 3.05) is 13.7 Å². The Hall–Kier alpha value is -2.04. The van der Waals surface area contributed by atoms with E-state index < -0.39 is 0 Å². The molecule has 0 aliphatic rings. The Morgan fingerprint density at radius 3 is 2.59 bits per heavy atom. The predicted molar refractivity (Wildman–Crippen MR) is 65.4 cm³/mol. The molecule has 5 nitrogen and oxygen atoms in total. The third-order valence-corrected chi connectivity index (χ3v) is 1.89. The zero-order valence-electron chi connectivity index (χ0n) is 9.97. The summed E-state index contributed by atoms with van der Waals surface area (Å²) in [5.41, 5.74) is 2.36. The monoisotopic (exact) mass is 236 g/mol. The Balaban J connectivity index is 2.34. The fourth-order valence-corrected chi connectivity index (χ4v) is 1.06. The normalized spacial score (nSPS) is 10.2. The molecule has 0 fully saturated rings. The van der Waals surface area contributed by atoms with Crippen LogP contribution in [0.4, 0.5) is 0 Å². The lowest BCUT2D eigenvalue weighted by Crippen LogP contribution is -2.24. The van der Waals surface area contributed by atoms with Crippen LogP contribution >= 0.6 is 0 Å². The van der Waals surface area contributed by atoms with Crippen molar-refractivity contribution in [2.45, 2.75) is 13.3 Å². The minimum absolute atomic E-state index is 0.0621. The van der Waals surface area contributed by atoms with Crippen molar-refractivity contribution in [1.29, 1.82) is 0 Å². The molecule has 0 saturated heterocycles. The number of nitrogens with zero attached hydrogens (tertiary/aromatic N) is 1. The van der Waals surface area contributed by atoms with Gasteiger partial charge in [-0.3, -0.25) is 4.79 Å². The van der Waals surface area contributed by atoms with Crippen LogP contribution < -0.4 is 14.9 Å². The van der Waals surface area contributed by atoms with Gasteiger partial charge in [-0.25, -0.2) is 5.43 Å². The summed E-state index contributed by atoms with van der Waals surface area (Å²) in [7, 11) is 1.59. The number of ether oxygens (including phenoxy) is 2. The summed E-state index contributed by atoms with van der Waals surface area (Å²) in [6.45, 7) is 1.87. The van der Waals surface area contributed by atoms with Crippen molar-refractivity contribution in [2.24, 2.45) is 5.10 Å². The first-order chi connectivity index (χ1) is 8.26. The quantitative estimate of drug-likeness (QED) is 0.602. The summed E-state index contributed by atoms with van der Waals surface area (Å²) < 4.78 is 10.3. The van der Waals surface area contributed by atoms with E-state index in [0.29, 0.717) is 5.75 Å². The molecule has 17 heavy (non-hydrogen) atoms. The van der Waals surface area contributed by atoms with Crippen molar-refractivity contribution in [1.82, 2.24) is 5.43 Å². The minimum atomic E-state index is -0.287. The van der Waals surface area contributed by atoms with E-state index >= 15 is 0 Å². The first-order valence-electron chi connectivity index (χ1n) is 5.33. The Bertz CT molecular complexity index is 374. The average Bonchev–Trinajstić information content (AvgIpc) is 2.37. The number of hydrazone groups is 1. The molecule has 0 unspecified atom stereocenters. The Kier molecular flexibility index (Phi) is 5.57. The third kappa shape index (κ3) is 5.01. The van der Waals surface area contributed by atoms with E-state index in [9.17, 15) is 4.79 Å². The van der Waals surface area contributed by atoms with Gasteiger partial charge in [0.1, 0.15) is 11.5 Å². The topological polar surface area (TPSA) is 59.9 Å². The van der Waals surface area contributed by atoms with Gasteiger partial charge in [0.25, 0.3) is 5.91 Å². The summed E-state index contributed by atoms with van der Waals surface area (Å²) in [5, 5.41) is 3.70. The van der Waals surface area contributed by atoms with Crippen LogP contribution in [0.15, 0.2) is 29.4 Å². The first kappa shape index (κ1) is 13.0. The summed E-state index contributed by atoms with van der Waals surface area (Å²) >= 11 is 0. The summed E-state index contributed by atoms with van der Waals surface area (Å²) in [5.74, 6) is 1.07. The number of hydrogen-bond acceptors (Lipinski definition) is 4. The van der Waals surface area contributed by atoms with Gasteiger partial charge in [0.05, 0.1) is 7.11 Å². The second-order valence-corrected chi connectivity index (χ2v) is 3.22. The third-order valence-electron chi connectivity index (χ3n) is 1.89. The highest BCUT2D eigenvalue weighted by Gasteiger charge is 2.01. The molecule has 0 aliphatic heterocycles. The summed E-state index contributed by atoms with van der Waals surface area (Å²) in [6.07, 6.45) is 2.39. The molecule has 5 heteroatoms. The molecular formula is C12H16N2O3. The van der Waals surface area contributed by atoms with E-state index in [1.165, 1.54) is 0 Å². The van der Waals surface area contributed by atoms with Crippen molar-refractivity contribution in [3.8, 4) is 11.5 Å². The maximum atomic E-state index is 11.2. The number of amides is 1. The maximum Gasteiger partial charge on any atom is 0.277 e. The van der Waals surface area contributed by atoms with Gasteiger partial charge in [-0.1, -0.05) is 6.92 Å². The first-order valence-corrected chi connectivity index (χ1v) is 5.33. The molecule has 0 saturated carbocycles. The fraction of sp³-hybridized carbons (Fsp3) is 0.333. The molecule has 0 aliphatic carbocycles. The molecular weight excluding hydrogens is 220 g/mol. The molecule has 0 spiro atoms. The van der Waals surface area contributed by atoms with Gasteiger partial charge in [0.2, 0.25) is 0 Å². The molecule has 1 amide bonds. The van der Waals surface area contributed by atoms with Gasteiger partial charge < -0.3 is 9.47 Å². The lowest BCUT2D eigenvalue weighted by atomic mass is 10.3. The number of hydrogen-bond donors (Lipinski definition) is 1. The number of carbonyl (C=O) groups is 1. The van der Waals surface area contributed by atoms with E-state index in [2.05, 4.69) is 10.5 Å². The van der Waals surface area contributed by atoms with Gasteiger partial charge in [0, 0.05) is 6.21 Å². The van der Waals surface area contributed by atoms with E-state index in [4.69, 9.17) is 9.47 Å². The molecule has 92 valence electrons. The smallest absolute Gasteiger partial charge is 0.277 e. The number of rotatable bonds is 6. The van der Waals surface area contributed by atoms with E-state index in [1.54, 1.807) is 37.6 Å². The zero-order chi connectivity index (χ0) is 12.5. The Morgan fingerprint density at radius 1 is 1.35 bits per heavy atom. The van der Waals surface area contributed by atoms with Gasteiger partial charge in [-0.2, -0.15) is 5.10 Å². The number of methoxy groups -OCH3 is 1. The standard InChI is InChI=1S/C12H16N2O3/c1-3-8-13-14-12(15)9-17-11-6-4-10(16-2)5-7-11/h4-8H,3,9H2,1-2H3,(H,14,15). The Labute approximate surface area is 100 Å². The lowest BCUT2D eigenvalue weighted by Gasteiger charge is -2.05. The largest absolute Gasteiger partial charge is 0.497 e. The average molecular weight is 236 g/mol. The predicted octanol–water partition coefficient (Wildman–Crippen LogP) is 1.59. The number of benzene rings is 1. The number of nitrogens with one attached hydrogen (secondary N) is 1. The molecule has 0 aromatic heterocycles. The van der Waals surface area contributed by atoms with Gasteiger partial charge in [-0.05, 0) is 30.7 Å².